The molecular weight excluding hydrogens is 268 g/mol. The highest BCUT2D eigenvalue weighted by Gasteiger charge is 2.96. The van der Waals surface area contributed by atoms with E-state index in [-0.39, 0.29) is 5.92 Å². The zero-order valence-electron chi connectivity index (χ0n) is 12.9. The monoisotopic (exact) mass is 291 g/mol. The molecule has 0 aromatic rings. The molecule has 1 aliphatic heterocycles. The Balaban J connectivity index is 2.51. The van der Waals surface area contributed by atoms with Gasteiger partial charge < -0.3 is 9.47 Å². The molecule has 3 atom stereocenters. The van der Waals surface area contributed by atoms with E-state index >= 15 is 0 Å². The van der Waals surface area contributed by atoms with E-state index in [0.29, 0.717) is 19.0 Å². The van der Waals surface area contributed by atoms with E-state index in [2.05, 4.69) is 24.1 Å². The van der Waals surface area contributed by atoms with Crippen molar-refractivity contribution in [2.75, 3.05) is 13.2 Å². The first-order valence-electron chi connectivity index (χ1n) is 7.58. The summed E-state index contributed by atoms with van der Waals surface area (Å²) < 4.78 is 11.6. The Morgan fingerprint density at radius 2 is 1.81 bits per heavy atom. The summed E-state index contributed by atoms with van der Waals surface area (Å²) in [5.74, 6) is -1.17. The van der Waals surface area contributed by atoms with Gasteiger partial charge in [-0.05, 0) is 20.3 Å². The standard InChI is InChI=1S/C15H22N4O2/c1-4-7-8-11-13(9-16)12(18)19-15(20-5-2,21-6-3)14(11,13)10-17/h11H,4-8H2,1-3H3,(H2,18,19)/p+1/t11-,13+,14+/m0/s1. The molecule has 0 unspecified atom stereocenters. The van der Waals surface area contributed by atoms with Crippen LogP contribution >= 0.6 is 0 Å². The van der Waals surface area contributed by atoms with Crippen LogP contribution in [0.1, 0.15) is 40.0 Å². The first kappa shape index (κ1) is 15.8. The second-order valence-corrected chi connectivity index (χ2v) is 5.56. The molecule has 0 radical (unpaired) electrons. The average Bonchev–Trinajstić information content (AvgIpc) is 3.02. The van der Waals surface area contributed by atoms with E-state index in [4.69, 9.17) is 15.2 Å². The normalized spacial score (nSPS) is 35.5. The first-order chi connectivity index (χ1) is 10.1. The van der Waals surface area contributed by atoms with Crippen LogP contribution in [0, 0.1) is 39.4 Å². The van der Waals surface area contributed by atoms with Crippen LogP contribution in [0.25, 0.3) is 0 Å². The molecule has 21 heavy (non-hydrogen) atoms. The van der Waals surface area contributed by atoms with Crippen LogP contribution in [-0.4, -0.2) is 25.0 Å². The lowest BCUT2D eigenvalue weighted by Crippen LogP contribution is -2.91. The van der Waals surface area contributed by atoms with Crippen LogP contribution < -0.4 is 10.7 Å². The maximum absolute atomic E-state index is 9.87. The van der Waals surface area contributed by atoms with E-state index in [9.17, 15) is 10.5 Å². The highest BCUT2D eigenvalue weighted by Crippen LogP contribution is 2.75. The summed E-state index contributed by atoms with van der Waals surface area (Å²) in [4.78, 5) is 2.96. The molecular formula is C15H23N4O2+. The fourth-order valence-corrected chi connectivity index (χ4v) is 3.87. The second-order valence-electron chi connectivity index (χ2n) is 5.56. The maximum atomic E-state index is 9.87. The Morgan fingerprint density at radius 1 is 1.19 bits per heavy atom. The van der Waals surface area contributed by atoms with E-state index in [1.165, 1.54) is 0 Å². The third-order valence-electron chi connectivity index (χ3n) is 4.72. The van der Waals surface area contributed by atoms with Gasteiger partial charge in [0.2, 0.25) is 0 Å². The number of nitriles is 2. The van der Waals surface area contributed by atoms with Crippen LogP contribution in [0.5, 0.6) is 0 Å². The molecule has 114 valence electrons. The Bertz CT molecular complexity index is 527. The Morgan fingerprint density at radius 3 is 2.24 bits per heavy atom. The van der Waals surface area contributed by atoms with Gasteiger partial charge in [-0.3, -0.25) is 5.73 Å². The van der Waals surface area contributed by atoms with Crippen molar-refractivity contribution in [1.82, 2.24) is 0 Å². The average molecular weight is 291 g/mol. The lowest BCUT2D eigenvalue weighted by Gasteiger charge is -2.29. The number of fused-ring (bicyclic) bond motifs is 1. The summed E-state index contributed by atoms with van der Waals surface area (Å²) in [7, 11) is 0. The second kappa shape index (κ2) is 5.29. The van der Waals surface area contributed by atoms with Gasteiger partial charge in [-0.1, -0.05) is 19.8 Å². The molecule has 2 rings (SSSR count). The molecule has 1 aliphatic carbocycles. The number of unbranched alkanes of at least 4 members (excludes halogenated alkanes) is 1. The van der Waals surface area contributed by atoms with Gasteiger partial charge in [-0.2, -0.15) is 10.5 Å². The number of nitrogens with two attached hydrogens (primary N) is 1. The lowest BCUT2D eigenvalue weighted by molar-refractivity contribution is -0.693. The molecule has 3 N–H and O–H groups in total. The minimum atomic E-state index is -1.32. The molecule has 0 spiro atoms. The third-order valence-corrected chi connectivity index (χ3v) is 4.72. The Kier molecular flexibility index (Phi) is 3.97. The first-order valence-corrected chi connectivity index (χ1v) is 7.58. The lowest BCUT2D eigenvalue weighted by atomic mass is 9.93. The highest BCUT2D eigenvalue weighted by atomic mass is 16.7. The maximum Gasteiger partial charge on any atom is 0.342 e. The quantitative estimate of drug-likeness (QED) is 0.642. The SMILES string of the molecule is CCCC[C@H]1[C@]2(C#N)C(N)=[NH+]C(OCC)(OCC)[C@]12C#N. The van der Waals surface area contributed by atoms with Gasteiger partial charge in [0.15, 0.2) is 10.8 Å². The predicted molar refractivity (Wildman–Crippen MR) is 75.2 cm³/mol. The number of amidine groups is 1. The summed E-state index contributed by atoms with van der Waals surface area (Å²) >= 11 is 0. The molecule has 0 aromatic carbocycles. The van der Waals surface area contributed by atoms with Crippen molar-refractivity contribution in [3.8, 4) is 12.1 Å². The van der Waals surface area contributed by atoms with Crippen molar-refractivity contribution >= 4 is 5.84 Å². The van der Waals surface area contributed by atoms with Crippen LogP contribution in [0.4, 0.5) is 0 Å². The molecule has 1 fully saturated rings. The highest BCUT2D eigenvalue weighted by molar-refractivity contribution is 5.93. The summed E-state index contributed by atoms with van der Waals surface area (Å²) in [6, 6.07) is 4.60. The summed E-state index contributed by atoms with van der Waals surface area (Å²) in [5.41, 5.74) is 4.01. The van der Waals surface area contributed by atoms with Crippen LogP contribution in [0.3, 0.4) is 0 Å². The van der Waals surface area contributed by atoms with Gasteiger partial charge in [-0.25, -0.2) is 4.99 Å². The van der Waals surface area contributed by atoms with E-state index in [0.717, 1.165) is 19.3 Å². The molecule has 6 nitrogen and oxygen atoms in total. The van der Waals surface area contributed by atoms with Gasteiger partial charge in [0.05, 0.1) is 25.4 Å². The Hall–Kier alpha value is -1.63. The number of nitrogens with zero attached hydrogens (tertiary/aromatic N) is 2. The fraction of sp³-hybridized carbons (Fsp3) is 0.800. The van der Waals surface area contributed by atoms with Gasteiger partial charge in [0, 0.05) is 5.92 Å². The Labute approximate surface area is 125 Å². The van der Waals surface area contributed by atoms with Crippen LogP contribution in [0.2, 0.25) is 0 Å². The predicted octanol–water partition coefficient (Wildman–Crippen LogP) is 0.00456. The number of hydrogen-bond acceptors (Lipinski definition) is 5. The number of ether oxygens (including phenoxy) is 2. The zero-order chi connectivity index (χ0) is 15.7. The third kappa shape index (κ3) is 1.61. The van der Waals surface area contributed by atoms with Crippen LogP contribution in [0.15, 0.2) is 0 Å². The van der Waals surface area contributed by atoms with Gasteiger partial charge in [0.1, 0.15) is 0 Å². The summed E-state index contributed by atoms with van der Waals surface area (Å²) in [5, 5.41) is 19.6. The summed E-state index contributed by atoms with van der Waals surface area (Å²) in [6.45, 7) is 6.48. The van der Waals surface area contributed by atoms with Crippen molar-refractivity contribution in [2.45, 2.75) is 45.9 Å². The van der Waals surface area contributed by atoms with Crippen molar-refractivity contribution in [1.29, 1.82) is 10.5 Å². The van der Waals surface area contributed by atoms with Gasteiger partial charge in [0.25, 0.3) is 5.84 Å². The van der Waals surface area contributed by atoms with E-state index in [1.807, 2.05) is 13.8 Å². The molecule has 2 aliphatic rings. The van der Waals surface area contributed by atoms with Crippen molar-refractivity contribution in [3.63, 3.8) is 0 Å². The van der Waals surface area contributed by atoms with Gasteiger partial charge in [-0.15, -0.1) is 0 Å². The summed E-state index contributed by atoms with van der Waals surface area (Å²) in [6.07, 6.45) is 2.71. The van der Waals surface area contributed by atoms with Gasteiger partial charge >= 0.3 is 5.91 Å². The largest absolute Gasteiger partial charge is 0.342 e. The van der Waals surface area contributed by atoms with Crippen molar-refractivity contribution in [3.05, 3.63) is 0 Å². The topological polar surface area (TPSA) is 106 Å². The zero-order valence-corrected chi connectivity index (χ0v) is 12.9. The van der Waals surface area contributed by atoms with Crippen LogP contribution in [-0.2, 0) is 9.47 Å². The van der Waals surface area contributed by atoms with Crippen molar-refractivity contribution < 1.29 is 14.5 Å². The molecule has 1 saturated carbocycles. The molecule has 0 saturated heterocycles. The molecule has 0 aromatic heterocycles. The van der Waals surface area contributed by atoms with E-state index in [1.54, 1.807) is 0 Å². The molecule has 6 heteroatoms. The van der Waals surface area contributed by atoms with Crippen molar-refractivity contribution in [2.24, 2.45) is 22.5 Å². The minimum Gasteiger partial charge on any atom is -0.314 e. The molecule has 0 amide bonds. The fourth-order valence-electron chi connectivity index (χ4n) is 3.87. The molecule has 1 heterocycles. The smallest absolute Gasteiger partial charge is 0.314 e. The number of hydrogen-bond donors (Lipinski definition) is 2. The number of nitrogens with one attached hydrogen (secondary N) is 1. The minimum absolute atomic E-state index is 0.153. The van der Waals surface area contributed by atoms with E-state index < -0.39 is 16.7 Å². The molecule has 0 bridgehead atoms. The number of rotatable bonds is 7.